The van der Waals surface area contributed by atoms with Crippen LogP contribution in [0.5, 0.6) is 11.5 Å². The fourth-order valence-electron chi connectivity index (χ4n) is 2.97. The highest BCUT2D eigenvalue weighted by molar-refractivity contribution is 9.10. The van der Waals surface area contributed by atoms with Crippen LogP contribution in [0.3, 0.4) is 0 Å². The van der Waals surface area contributed by atoms with Crippen LogP contribution in [0.1, 0.15) is 42.5 Å². The molecule has 0 N–H and O–H groups in total. The normalized spacial score (nSPS) is 17.3. The summed E-state index contributed by atoms with van der Waals surface area (Å²) in [6.45, 7) is 0. The van der Waals surface area contributed by atoms with Gasteiger partial charge in [-0.3, -0.25) is 4.79 Å². The van der Waals surface area contributed by atoms with Crippen LogP contribution in [-0.2, 0) is 4.74 Å². The second-order valence-corrected chi connectivity index (χ2v) is 6.04. The molecule has 4 nitrogen and oxygen atoms in total. The molecule has 1 fully saturated rings. The zero-order chi connectivity index (χ0) is 15.5. The zero-order valence-electron chi connectivity index (χ0n) is 12.7. The van der Waals surface area contributed by atoms with Crippen molar-refractivity contribution >= 4 is 21.7 Å². The third-order valence-electron chi connectivity index (χ3n) is 4.20. The van der Waals surface area contributed by atoms with Crippen LogP contribution in [-0.4, -0.2) is 32.7 Å². The van der Waals surface area contributed by atoms with E-state index in [-0.39, 0.29) is 5.78 Å². The number of benzene rings is 1. The van der Waals surface area contributed by atoms with Crippen molar-refractivity contribution in [2.75, 3.05) is 21.3 Å². The number of hydrogen-bond acceptors (Lipinski definition) is 4. The summed E-state index contributed by atoms with van der Waals surface area (Å²) in [5.41, 5.74) is -0.187. The van der Waals surface area contributed by atoms with Crippen LogP contribution < -0.4 is 9.47 Å². The highest BCUT2D eigenvalue weighted by atomic mass is 79.9. The van der Waals surface area contributed by atoms with E-state index in [2.05, 4.69) is 15.9 Å². The van der Waals surface area contributed by atoms with E-state index in [0.717, 1.165) is 32.1 Å². The lowest BCUT2D eigenvalue weighted by molar-refractivity contribution is -0.0195. The summed E-state index contributed by atoms with van der Waals surface area (Å²) in [4.78, 5) is 13.0. The first-order chi connectivity index (χ1) is 10.1. The van der Waals surface area contributed by atoms with E-state index in [1.807, 2.05) is 0 Å². The fraction of sp³-hybridized carbons (Fsp3) is 0.562. The van der Waals surface area contributed by atoms with E-state index in [4.69, 9.17) is 14.2 Å². The van der Waals surface area contributed by atoms with Gasteiger partial charge in [0.1, 0.15) is 21.6 Å². The molecule has 0 saturated heterocycles. The summed E-state index contributed by atoms with van der Waals surface area (Å²) in [7, 11) is 4.75. The van der Waals surface area contributed by atoms with Crippen molar-refractivity contribution in [1.29, 1.82) is 0 Å². The second-order valence-electron chi connectivity index (χ2n) is 5.25. The number of carbonyl (C=O) groups excluding carboxylic acids is 1. The average Bonchev–Trinajstić information content (AvgIpc) is 2.54. The number of ether oxygens (including phenoxy) is 3. The van der Waals surface area contributed by atoms with Crippen molar-refractivity contribution in [3.8, 4) is 11.5 Å². The number of hydrogen-bond donors (Lipinski definition) is 0. The third kappa shape index (κ3) is 2.94. The maximum absolute atomic E-state index is 13.0. The van der Waals surface area contributed by atoms with Gasteiger partial charge in [-0.1, -0.05) is 19.3 Å². The molecule has 5 heteroatoms. The summed E-state index contributed by atoms with van der Waals surface area (Å²) in [6.07, 6.45) is 4.70. The predicted molar refractivity (Wildman–Crippen MR) is 84.4 cm³/mol. The lowest BCUT2D eigenvalue weighted by atomic mass is 9.79. The molecule has 0 unspecified atom stereocenters. The summed E-state index contributed by atoms with van der Waals surface area (Å²) in [6, 6.07) is 3.52. The first kappa shape index (κ1) is 16.3. The zero-order valence-corrected chi connectivity index (χ0v) is 14.3. The fourth-order valence-corrected chi connectivity index (χ4v) is 3.64. The third-order valence-corrected chi connectivity index (χ3v) is 4.95. The molecule has 1 aliphatic carbocycles. The van der Waals surface area contributed by atoms with Gasteiger partial charge in [0.2, 0.25) is 0 Å². The van der Waals surface area contributed by atoms with Crippen LogP contribution in [0.15, 0.2) is 16.6 Å². The molecule has 21 heavy (non-hydrogen) atoms. The largest absolute Gasteiger partial charge is 0.495 e. The van der Waals surface area contributed by atoms with Gasteiger partial charge in [0.05, 0.1) is 19.8 Å². The van der Waals surface area contributed by atoms with E-state index in [0.29, 0.717) is 21.5 Å². The van der Waals surface area contributed by atoms with Gasteiger partial charge in [-0.25, -0.2) is 0 Å². The second kappa shape index (κ2) is 6.79. The number of carbonyl (C=O) groups is 1. The SMILES string of the molecule is COc1ccc(C(=O)C2(OC)CCCCC2)c(OC)c1Br. The molecule has 0 bridgehead atoms. The van der Waals surface area contributed by atoms with Crippen LogP contribution in [0, 0.1) is 0 Å². The Balaban J connectivity index is 2.45. The molecule has 0 atom stereocenters. The monoisotopic (exact) mass is 356 g/mol. The molecule has 0 spiro atoms. The quantitative estimate of drug-likeness (QED) is 0.748. The Kier molecular flexibility index (Phi) is 5.27. The Morgan fingerprint density at radius 1 is 1.10 bits per heavy atom. The average molecular weight is 357 g/mol. The van der Waals surface area contributed by atoms with Gasteiger partial charge in [-0.15, -0.1) is 0 Å². The first-order valence-corrected chi connectivity index (χ1v) is 7.89. The van der Waals surface area contributed by atoms with Gasteiger partial charge in [0.15, 0.2) is 5.78 Å². The number of halogens is 1. The molecule has 0 heterocycles. The molecule has 1 saturated carbocycles. The lowest BCUT2D eigenvalue weighted by Gasteiger charge is -2.34. The maximum atomic E-state index is 13.0. The molecule has 1 aliphatic rings. The van der Waals surface area contributed by atoms with Crippen molar-refractivity contribution < 1.29 is 19.0 Å². The Labute approximate surface area is 133 Å². The minimum atomic E-state index is -0.723. The van der Waals surface area contributed by atoms with Gasteiger partial charge in [-0.05, 0) is 40.9 Å². The molecule has 1 aromatic carbocycles. The number of rotatable bonds is 5. The van der Waals surface area contributed by atoms with Crippen molar-refractivity contribution in [3.05, 3.63) is 22.2 Å². The predicted octanol–water partition coefficient (Wildman–Crippen LogP) is 4.00. The minimum absolute atomic E-state index is 0.00935. The van der Waals surface area contributed by atoms with E-state index in [1.54, 1.807) is 33.5 Å². The molecule has 0 aromatic heterocycles. The standard InChI is InChI=1S/C16H21BrO4/c1-19-12-8-7-11(14(20-2)13(12)17)15(18)16(21-3)9-5-4-6-10-16/h7-8H,4-6,9-10H2,1-3H3. The van der Waals surface area contributed by atoms with E-state index < -0.39 is 5.60 Å². The molecular weight excluding hydrogens is 336 g/mol. The van der Waals surface area contributed by atoms with Crippen molar-refractivity contribution in [1.82, 2.24) is 0 Å². The van der Waals surface area contributed by atoms with Gasteiger partial charge in [0.25, 0.3) is 0 Å². The van der Waals surface area contributed by atoms with Gasteiger partial charge < -0.3 is 14.2 Å². The topological polar surface area (TPSA) is 44.8 Å². The summed E-state index contributed by atoms with van der Waals surface area (Å²) in [5, 5.41) is 0. The summed E-state index contributed by atoms with van der Waals surface area (Å²) in [5.74, 6) is 1.13. The van der Waals surface area contributed by atoms with E-state index in [1.165, 1.54) is 0 Å². The van der Waals surface area contributed by atoms with Gasteiger partial charge in [-0.2, -0.15) is 0 Å². The van der Waals surface area contributed by atoms with Gasteiger partial charge in [0, 0.05) is 7.11 Å². The molecule has 116 valence electrons. The molecule has 2 rings (SSSR count). The van der Waals surface area contributed by atoms with Crippen LogP contribution in [0.25, 0.3) is 0 Å². The number of methoxy groups -OCH3 is 3. The highest BCUT2D eigenvalue weighted by Gasteiger charge is 2.41. The molecule has 0 amide bonds. The first-order valence-electron chi connectivity index (χ1n) is 7.10. The Bertz CT molecular complexity index is 521. The summed E-state index contributed by atoms with van der Waals surface area (Å²) < 4.78 is 17.0. The van der Waals surface area contributed by atoms with Crippen LogP contribution in [0.4, 0.5) is 0 Å². The van der Waals surface area contributed by atoms with Crippen LogP contribution >= 0.6 is 15.9 Å². The molecule has 0 aliphatic heterocycles. The van der Waals surface area contributed by atoms with Crippen LogP contribution in [0.2, 0.25) is 0 Å². The van der Waals surface area contributed by atoms with Crippen molar-refractivity contribution in [2.24, 2.45) is 0 Å². The summed E-state index contributed by atoms with van der Waals surface area (Å²) >= 11 is 3.44. The minimum Gasteiger partial charge on any atom is -0.495 e. The Morgan fingerprint density at radius 2 is 1.76 bits per heavy atom. The van der Waals surface area contributed by atoms with Crippen molar-refractivity contribution in [2.45, 2.75) is 37.7 Å². The molecular formula is C16H21BrO4. The van der Waals surface area contributed by atoms with Crippen molar-refractivity contribution in [3.63, 3.8) is 0 Å². The number of ketones is 1. The maximum Gasteiger partial charge on any atom is 0.198 e. The Morgan fingerprint density at radius 3 is 2.29 bits per heavy atom. The van der Waals surface area contributed by atoms with E-state index in [9.17, 15) is 4.79 Å². The highest BCUT2D eigenvalue weighted by Crippen LogP contribution is 2.41. The molecule has 1 aromatic rings. The lowest BCUT2D eigenvalue weighted by Crippen LogP contribution is -2.42. The van der Waals surface area contributed by atoms with E-state index >= 15 is 0 Å². The van der Waals surface area contributed by atoms with Gasteiger partial charge >= 0.3 is 0 Å². The Hall–Kier alpha value is -1.07. The number of Topliss-reactive ketones (excluding diaryl/α,β-unsaturated/α-hetero) is 1. The molecule has 0 radical (unpaired) electrons. The smallest absolute Gasteiger partial charge is 0.198 e.